The molecule has 122 heavy (non-hydrogen) atoms. The van der Waals surface area contributed by atoms with E-state index in [2.05, 4.69) is 437 Å². The van der Waals surface area contributed by atoms with Crippen LogP contribution in [0.1, 0.15) is 0 Å². The first-order valence-electron chi connectivity index (χ1n) is 41.8. The van der Waals surface area contributed by atoms with Gasteiger partial charge < -0.3 is 27.1 Å². The van der Waals surface area contributed by atoms with Crippen molar-refractivity contribution in [2.45, 2.75) is 0 Å². The summed E-state index contributed by atoms with van der Waals surface area (Å²) in [4.78, 5) is 0. The Kier molecular flexibility index (Phi) is 15.6. The lowest BCUT2D eigenvalue weighted by Gasteiger charge is -2.10. The van der Waals surface area contributed by atoms with Crippen LogP contribution < -0.4 is 0 Å². The highest BCUT2D eigenvalue weighted by Crippen LogP contribution is 2.46. The van der Waals surface area contributed by atoms with Crippen molar-refractivity contribution in [3.63, 3.8) is 0 Å². The Balaban J connectivity index is 0.000000134. The van der Waals surface area contributed by atoms with Crippen LogP contribution in [0.2, 0.25) is 0 Å². The van der Waals surface area contributed by atoms with Crippen LogP contribution in [0.4, 0.5) is 0 Å². The van der Waals surface area contributed by atoms with Gasteiger partial charge in [0.05, 0.1) is 44.1 Å². The van der Waals surface area contributed by atoms with Gasteiger partial charge in [0.1, 0.15) is 22.3 Å². The summed E-state index contributed by atoms with van der Waals surface area (Å²) in [5.74, 6) is 0. The van der Waals surface area contributed by atoms with E-state index in [9.17, 15) is 0 Å². The number of hydrogen-bond acceptors (Lipinski definition) is 2. The summed E-state index contributed by atoms with van der Waals surface area (Å²) in [5.41, 5.74) is 31.8. The van der Waals surface area contributed by atoms with Crippen LogP contribution in [-0.2, 0) is 0 Å². The highest BCUT2D eigenvalue weighted by atomic mass is 16.3. The second-order valence-electron chi connectivity index (χ2n) is 32.2. The van der Waals surface area contributed by atoms with Crippen LogP contribution in [-0.4, -0.2) is 18.3 Å². The number of aromatic nitrogens is 4. The minimum absolute atomic E-state index is 0.905. The van der Waals surface area contributed by atoms with E-state index in [4.69, 9.17) is 8.83 Å². The first-order valence-corrected chi connectivity index (χ1v) is 41.8. The van der Waals surface area contributed by atoms with E-state index in [0.717, 1.165) is 88.9 Å². The molecule has 0 unspecified atom stereocenters. The molecule has 0 aliphatic rings. The minimum Gasteiger partial charge on any atom is -0.456 e. The molecular formula is C116H72N4O2. The lowest BCUT2D eigenvalue weighted by molar-refractivity contribution is 0.669. The van der Waals surface area contributed by atoms with Gasteiger partial charge in [-0.2, -0.15) is 0 Å². The Labute approximate surface area is 701 Å². The number of rotatable bonds is 10. The van der Waals surface area contributed by atoms with Crippen LogP contribution >= 0.6 is 0 Å². The fraction of sp³-hybridized carbons (Fsp3) is 0. The minimum atomic E-state index is 0.905. The zero-order chi connectivity index (χ0) is 80.0. The fourth-order valence-corrected chi connectivity index (χ4v) is 19.5. The van der Waals surface area contributed by atoms with Crippen molar-refractivity contribution in [2.75, 3.05) is 0 Å². The van der Waals surface area contributed by atoms with Crippen molar-refractivity contribution in [3.8, 4) is 89.5 Å². The highest BCUT2D eigenvalue weighted by Gasteiger charge is 2.23. The average Bonchev–Trinajstić information content (AvgIpc) is 1.58. The van der Waals surface area contributed by atoms with Gasteiger partial charge in [0, 0.05) is 92.9 Å². The molecule has 6 aromatic heterocycles. The third-order valence-electron chi connectivity index (χ3n) is 25.4. The summed E-state index contributed by atoms with van der Waals surface area (Å²) >= 11 is 0. The molecule has 20 aromatic carbocycles. The molecule has 0 spiro atoms. The summed E-state index contributed by atoms with van der Waals surface area (Å²) in [7, 11) is 0. The molecule has 6 heteroatoms. The average molecular weight is 1550 g/mol. The molecule has 0 radical (unpaired) electrons. The van der Waals surface area contributed by atoms with Gasteiger partial charge in [0.2, 0.25) is 0 Å². The Morgan fingerprint density at radius 2 is 0.426 bits per heavy atom. The summed E-state index contributed by atoms with van der Waals surface area (Å²) in [6.07, 6.45) is 0. The second-order valence-corrected chi connectivity index (χ2v) is 32.2. The van der Waals surface area contributed by atoms with Gasteiger partial charge in [0.25, 0.3) is 0 Å². The topological polar surface area (TPSA) is 46.0 Å². The van der Waals surface area contributed by atoms with Crippen molar-refractivity contribution >= 4 is 153 Å². The number of benzene rings is 20. The molecule has 0 saturated carbocycles. The number of hydrogen-bond donors (Lipinski definition) is 0. The van der Waals surface area contributed by atoms with Gasteiger partial charge in [-0.3, -0.25) is 0 Å². The van der Waals surface area contributed by atoms with E-state index in [1.807, 2.05) is 18.2 Å². The highest BCUT2D eigenvalue weighted by molar-refractivity contribution is 6.18. The molecule has 26 rings (SSSR count). The van der Waals surface area contributed by atoms with Gasteiger partial charge in [-0.15, -0.1) is 0 Å². The smallest absolute Gasteiger partial charge is 0.143 e. The van der Waals surface area contributed by atoms with E-state index in [1.165, 1.54) is 153 Å². The molecule has 0 aliphatic carbocycles. The molecule has 26 aromatic rings. The Bertz CT molecular complexity index is 8750. The van der Waals surface area contributed by atoms with E-state index >= 15 is 0 Å². The van der Waals surface area contributed by atoms with Crippen molar-refractivity contribution in [1.29, 1.82) is 0 Å². The predicted octanol–water partition coefficient (Wildman–Crippen LogP) is 31.9. The molecule has 568 valence electrons. The van der Waals surface area contributed by atoms with Crippen LogP contribution in [0.3, 0.4) is 0 Å². The molecule has 0 aliphatic heterocycles. The van der Waals surface area contributed by atoms with Crippen LogP contribution in [0.25, 0.3) is 242 Å². The lowest BCUT2D eigenvalue weighted by atomic mass is 9.98. The fourth-order valence-electron chi connectivity index (χ4n) is 19.5. The van der Waals surface area contributed by atoms with Crippen molar-refractivity contribution < 1.29 is 8.83 Å². The van der Waals surface area contributed by atoms with Gasteiger partial charge >= 0.3 is 0 Å². The van der Waals surface area contributed by atoms with Crippen LogP contribution in [0, 0.1) is 0 Å². The molecule has 0 bridgehead atoms. The predicted molar refractivity (Wildman–Crippen MR) is 512 cm³/mol. The SMILES string of the molecule is c1ccc(-n2c3ccc(-c4ccc5c(c4)c4ccccc4n5-c4ccc(-c5ccc6ccccc6c5)cc4)cc3c3cc(-c4cccc5c4oc4ccccc45)ccc32)cc1.c1ccc(-n2c3ccc(-c4ccc5c(c4)oc4ccccc45)cc3c3cc(-c4ccc5c(c4)c4ccccc4n5-c4ccc(-c5ccc6ccccc6c5)cc4)ccc32)cc1. The molecule has 0 fully saturated rings. The quantitative estimate of drug-likeness (QED) is 0.137. The van der Waals surface area contributed by atoms with Crippen molar-refractivity contribution in [3.05, 3.63) is 437 Å². The monoisotopic (exact) mass is 1550 g/mol. The molecule has 0 N–H and O–H groups in total. The first kappa shape index (κ1) is 68.9. The molecule has 0 atom stereocenters. The number of fused-ring (bicyclic) bond motifs is 20. The normalized spacial score (nSPS) is 11.9. The van der Waals surface area contributed by atoms with Crippen molar-refractivity contribution in [2.24, 2.45) is 0 Å². The largest absolute Gasteiger partial charge is 0.456 e. The van der Waals surface area contributed by atoms with Gasteiger partial charge in [-0.05, 0) is 253 Å². The second kappa shape index (κ2) is 27.7. The van der Waals surface area contributed by atoms with Crippen LogP contribution in [0.5, 0.6) is 0 Å². The first-order chi connectivity index (χ1) is 60.4. The lowest BCUT2D eigenvalue weighted by Crippen LogP contribution is -1.94. The molecule has 0 saturated heterocycles. The molecule has 0 amide bonds. The Hall–Kier alpha value is -16.3. The molecular weight excluding hydrogens is 1480 g/mol. The third kappa shape index (κ3) is 11.2. The van der Waals surface area contributed by atoms with Gasteiger partial charge in [-0.25, -0.2) is 0 Å². The van der Waals surface area contributed by atoms with Gasteiger partial charge in [0.15, 0.2) is 0 Å². The maximum Gasteiger partial charge on any atom is 0.143 e. The zero-order valence-electron chi connectivity index (χ0n) is 66.2. The van der Waals surface area contributed by atoms with E-state index in [1.54, 1.807) is 0 Å². The maximum absolute atomic E-state index is 6.51. The van der Waals surface area contributed by atoms with E-state index < -0.39 is 0 Å². The van der Waals surface area contributed by atoms with Crippen molar-refractivity contribution in [1.82, 2.24) is 18.3 Å². The maximum atomic E-state index is 6.51. The summed E-state index contributed by atoms with van der Waals surface area (Å²) in [6.45, 7) is 0. The molecule has 6 heterocycles. The number of para-hydroxylation sites is 7. The van der Waals surface area contributed by atoms with Crippen LogP contribution in [0.15, 0.2) is 446 Å². The summed E-state index contributed by atoms with van der Waals surface area (Å²) in [6, 6.07) is 159. The van der Waals surface area contributed by atoms with E-state index in [0.29, 0.717) is 0 Å². The zero-order valence-corrected chi connectivity index (χ0v) is 66.2. The number of nitrogens with zero attached hydrogens (tertiary/aromatic N) is 4. The Morgan fingerprint density at radius 1 is 0.139 bits per heavy atom. The van der Waals surface area contributed by atoms with Gasteiger partial charge in [-0.1, -0.05) is 267 Å². The standard InChI is InChI=1S/2C58H36N2O/c1-2-13-44(14-3-1)59-55-31-26-42(35-51(55)52-36-43(27-32-56(52)59)46-17-10-18-49-48-16-7-9-20-57(48)61-58(46)49)41-25-30-54-50(34-41)47-15-6-8-19-53(47)60(54)45-28-23-38(24-29-45)40-22-21-37-11-4-5-12-39(37)33-40;1-2-12-45(13-3-1)59-55-30-24-42(34-51(55)52-35-43(25-31-56(52)59)44-22-28-49-48-15-7-9-17-57(48)61-58(49)36-44)41-23-29-54-50(33-41)47-14-6-8-16-53(47)60(54)46-26-20-38(21-27-46)40-19-18-37-10-4-5-11-39(37)32-40/h2*1-36H. The Morgan fingerprint density at radius 3 is 0.877 bits per heavy atom. The summed E-state index contributed by atoms with van der Waals surface area (Å²) < 4.78 is 22.4. The molecule has 6 nitrogen and oxygen atoms in total. The summed E-state index contributed by atoms with van der Waals surface area (Å²) in [5, 5.41) is 19.4. The van der Waals surface area contributed by atoms with E-state index in [-0.39, 0.29) is 0 Å². The third-order valence-corrected chi connectivity index (χ3v) is 25.4. The number of furan rings is 2.